The van der Waals surface area contributed by atoms with Gasteiger partial charge in [-0.25, -0.2) is 14.3 Å². The average Bonchev–Trinajstić information content (AvgIpc) is 3.13. The first-order valence-corrected chi connectivity index (χ1v) is 10.1. The van der Waals surface area contributed by atoms with E-state index < -0.39 is 5.97 Å². The first kappa shape index (κ1) is 18.7. The van der Waals surface area contributed by atoms with Crippen molar-refractivity contribution in [1.82, 2.24) is 24.5 Å². The Morgan fingerprint density at radius 2 is 2.23 bits per heavy atom. The highest BCUT2D eigenvalue weighted by Gasteiger charge is 2.27. The van der Waals surface area contributed by atoms with Gasteiger partial charge in [-0.1, -0.05) is 23.5 Å². The summed E-state index contributed by atoms with van der Waals surface area (Å²) in [6.45, 7) is 6.41. The molecule has 3 heterocycles. The van der Waals surface area contributed by atoms with Crippen molar-refractivity contribution in [2.24, 2.45) is 0 Å². The lowest BCUT2D eigenvalue weighted by atomic mass is 10.4. The van der Waals surface area contributed by atoms with Crippen LogP contribution < -0.4 is 0 Å². The minimum atomic E-state index is -0.429. The van der Waals surface area contributed by atoms with E-state index in [9.17, 15) is 9.59 Å². The Bertz CT molecular complexity index is 880. The van der Waals surface area contributed by atoms with E-state index in [0.29, 0.717) is 40.6 Å². The van der Waals surface area contributed by atoms with Crippen LogP contribution >= 0.6 is 23.5 Å². The normalized spacial score (nSPS) is 16.0. The van der Waals surface area contributed by atoms with Gasteiger partial charge in [0.25, 0.3) is 5.78 Å². The van der Waals surface area contributed by atoms with Gasteiger partial charge in [0.2, 0.25) is 11.1 Å². The van der Waals surface area contributed by atoms with Gasteiger partial charge in [0, 0.05) is 23.7 Å². The summed E-state index contributed by atoms with van der Waals surface area (Å²) in [7, 11) is 0. The van der Waals surface area contributed by atoms with E-state index in [0.717, 1.165) is 11.4 Å². The van der Waals surface area contributed by atoms with Crippen molar-refractivity contribution >= 4 is 41.2 Å². The fourth-order valence-corrected chi connectivity index (χ4v) is 4.19. The predicted molar refractivity (Wildman–Crippen MR) is 99.9 cm³/mol. The molecule has 0 saturated carbocycles. The molecule has 1 amide bonds. The summed E-state index contributed by atoms with van der Waals surface area (Å²) in [5.74, 6) is 1.08. The van der Waals surface area contributed by atoms with Crippen LogP contribution in [-0.2, 0) is 14.3 Å². The van der Waals surface area contributed by atoms with E-state index in [1.54, 1.807) is 16.3 Å². The van der Waals surface area contributed by atoms with E-state index in [-0.39, 0.29) is 5.91 Å². The van der Waals surface area contributed by atoms with Gasteiger partial charge in [-0.15, -0.1) is 5.10 Å². The number of fused-ring (bicyclic) bond motifs is 1. The number of carbonyl (C=O) groups excluding carboxylic acids is 2. The van der Waals surface area contributed by atoms with Crippen LogP contribution in [0.25, 0.3) is 5.78 Å². The molecular weight excluding hydrogens is 374 g/mol. The maximum atomic E-state index is 12.0. The summed E-state index contributed by atoms with van der Waals surface area (Å²) >= 11 is 2.80. The van der Waals surface area contributed by atoms with Crippen molar-refractivity contribution in [1.29, 1.82) is 0 Å². The molecule has 0 aliphatic carbocycles. The Morgan fingerprint density at radius 1 is 1.42 bits per heavy atom. The van der Waals surface area contributed by atoms with Crippen LogP contribution in [0.15, 0.2) is 22.3 Å². The third-order valence-corrected chi connectivity index (χ3v) is 5.43. The number of aryl methyl sites for hydroxylation is 2. The van der Waals surface area contributed by atoms with Crippen molar-refractivity contribution < 1.29 is 14.3 Å². The molecule has 1 fully saturated rings. The molecule has 0 aromatic carbocycles. The van der Waals surface area contributed by atoms with Gasteiger partial charge in [-0.2, -0.15) is 4.98 Å². The fourth-order valence-electron chi connectivity index (χ4n) is 2.49. The number of hydrogen-bond acceptors (Lipinski definition) is 8. The number of aromatic nitrogens is 4. The second-order valence-electron chi connectivity index (χ2n) is 5.56. The van der Waals surface area contributed by atoms with Crippen LogP contribution in [0.2, 0.25) is 0 Å². The molecule has 0 radical (unpaired) electrons. The van der Waals surface area contributed by atoms with Crippen LogP contribution in [0, 0.1) is 13.8 Å². The van der Waals surface area contributed by atoms with Crippen molar-refractivity contribution in [3.05, 3.63) is 28.6 Å². The van der Waals surface area contributed by atoms with Gasteiger partial charge in [-0.3, -0.25) is 4.79 Å². The molecule has 0 bridgehead atoms. The molecule has 0 spiro atoms. The quantitative estimate of drug-likeness (QED) is 0.417. The second-order valence-corrected chi connectivity index (χ2v) is 7.62. The summed E-state index contributed by atoms with van der Waals surface area (Å²) in [6.07, 6.45) is 1.38. The summed E-state index contributed by atoms with van der Waals surface area (Å²) in [5, 5.41) is 5.68. The van der Waals surface area contributed by atoms with Crippen molar-refractivity contribution in [2.75, 3.05) is 24.7 Å². The number of carbonyl (C=O) groups is 2. The number of thioether (sulfide) groups is 2. The maximum Gasteiger partial charge on any atom is 0.333 e. The smallest absolute Gasteiger partial charge is 0.333 e. The average molecular weight is 393 g/mol. The standard InChI is InChI=1S/C16H19N5O3S2/c1-4-24-14(23)8-13-20(12(22)9-26-13)5-6-25-16-18-15-17-10(2)7-11(3)21(15)19-16/h7-8H,4-6,9H2,1-3H3/b13-8-. The number of esters is 1. The minimum absolute atomic E-state index is 0.0118. The topological polar surface area (TPSA) is 89.7 Å². The van der Waals surface area contributed by atoms with E-state index in [1.165, 1.54) is 29.6 Å². The molecule has 10 heteroatoms. The molecule has 26 heavy (non-hydrogen) atoms. The zero-order valence-electron chi connectivity index (χ0n) is 14.8. The minimum Gasteiger partial charge on any atom is -0.463 e. The molecule has 0 atom stereocenters. The first-order valence-electron chi connectivity index (χ1n) is 8.13. The number of amides is 1. The monoisotopic (exact) mass is 393 g/mol. The summed E-state index contributed by atoms with van der Waals surface area (Å²) in [5.41, 5.74) is 1.87. The Labute approximate surface area is 159 Å². The molecule has 2 aromatic rings. The van der Waals surface area contributed by atoms with Crippen molar-refractivity contribution in [2.45, 2.75) is 25.9 Å². The first-order chi connectivity index (χ1) is 12.5. The SMILES string of the molecule is CCOC(=O)/C=C1\SCC(=O)N1CCSc1nc2nc(C)cc(C)n2n1. The lowest BCUT2D eigenvalue weighted by Gasteiger charge is -2.15. The Morgan fingerprint density at radius 3 is 3.00 bits per heavy atom. The largest absolute Gasteiger partial charge is 0.463 e. The van der Waals surface area contributed by atoms with Gasteiger partial charge in [0.15, 0.2) is 0 Å². The lowest BCUT2D eigenvalue weighted by Crippen LogP contribution is -2.27. The Balaban J connectivity index is 1.64. The number of rotatable bonds is 6. The molecule has 0 N–H and O–H groups in total. The highest BCUT2D eigenvalue weighted by atomic mass is 32.2. The molecule has 2 aromatic heterocycles. The van der Waals surface area contributed by atoms with Crippen LogP contribution in [-0.4, -0.2) is 61.0 Å². The van der Waals surface area contributed by atoms with Crippen molar-refractivity contribution in [3.63, 3.8) is 0 Å². The van der Waals surface area contributed by atoms with E-state index >= 15 is 0 Å². The van der Waals surface area contributed by atoms with Crippen molar-refractivity contribution in [3.8, 4) is 0 Å². The molecule has 1 aliphatic rings. The van der Waals surface area contributed by atoms with Gasteiger partial charge in [0.1, 0.15) is 0 Å². The van der Waals surface area contributed by atoms with Gasteiger partial charge >= 0.3 is 5.97 Å². The molecule has 138 valence electrons. The summed E-state index contributed by atoms with van der Waals surface area (Å²) in [6, 6.07) is 1.95. The molecule has 1 saturated heterocycles. The van der Waals surface area contributed by atoms with Crippen LogP contribution in [0.5, 0.6) is 0 Å². The third kappa shape index (κ3) is 4.18. The van der Waals surface area contributed by atoms with Gasteiger partial charge in [-0.05, 0) is 26.8 Å². The third-order valence-electron chi connectivity index (χ3n) is 3.58. The molecular formula is C16H19N5O3S2. The molecule has 1 aliphatic heterocycles. The molecule has 8 nitrogen and oxygen atoms in total. The Hall–Kier alpha value is -2.07. The van der Waals surface area contributed by atoms with Crippen LogP contribution in [0.1, 0.15) is 18.3 Å². The van der Waals surface area contributed by atoms with E-state index in [4.69, 9.17) is 4.74 Å². The summed E-state index contributed by atoms with van der Waals surface area (Å²) in [4.78, 5) is 34.1. The number of ether oxygens (including phenoxy) is 1. The molecule has 3 rings (SSSR count). The number of nitrogens with zero attached hydrogens (tertiary/aromatic N) is 5. The van der Waals surface area contributed by atoms with E-state index in [1.807, 2.05) is 19.9 Å². The van der Waals surface area contributed by atoms with Gasteiger partial charge in [0.05, 0.1) is 23.5 Å². The molecule has 0 unspecified atom stereocenters. The fraction of sp³-hybridized carbons (Fsp3) is 0.438. The maximum absolute atomic E-state index is 12.0. The Kier molecular flexibility index (Phi) is 5.82. The van der Waals surface area contributed by atoms with Gasteiger partial charge < -0.3 is 9.64 Å². The second kappa shape index (κ2) is 8.09. The van der Waals surface area contributed by atoms with Crippen LogP contribution in [0.3, 0.4) is 0 Å². The highest BCUT2D eigenvalue weighted by Crippen LogP contribution is 2.29. The zero-order chi connectivity index (χ0) is 18.7. The van der Waals surface area contributed by atoms with Crippen LogP contribution in [0.4, 0.5) is 0 Å². The summed E-state index contributed by atoms with van der Waals surface area (Å²) < 4.78 is 6.62. The predicted octanol–water partition coefficient (Wildman–Crippen LogP) is 1.81. The highest BCUT2D eigenvalue weighted by molar-refractivity contribution is 8.04. The lowest BCUT2D eigenvalue weighted by molar-refractivity contribution is -0.137. The zero-order valence-corrected chi connectivity index (χ0v) is 16.4. The van der Waals surface area contributed by atoms with E-state index in [2.05, 4.69) is 15.1 Å². The number of hydrogen-bond donors (Lipinski definition) is 0.